The molecule has 2 heterocycles. The Balaban J connectivity index is 1.34. The van der Waals surface area contributed by atoms with E-state index in [9.17, 15) is 9.59 Å². The van der Waals surface area contributed by atoms with Gasteiger partial charge in [0.2, 0.25) is 0 Å². The van der Waals surface area contributed by atoms with Crippen LogP contribution in [0.25, 0.3) is 5.69 Å². The second kappa shape index (κ2) is 10.4. The van der Waals surface area contributed by atoms with Crippen LogP contribution in [0.2, 0.25) is 0 Å². The van der Waals surface area contributed by atoms with E-state index < -0.39 is 0 Å². The lowest BCUT2D eigenvalue weighted by Crippen LogP contribution is -2.44. The molecule has 0 radical (unpaired) electrons. The summed E-state index contributed by atoms with van der Waals surface area (Å²) in [6.45, 7) is 6.87. The number of piperidine rings is 1. The summed E-state index contributed by atoms with van der Waals surface area (Å²) < 4.78 is 6.74. The highest BCUT2D eigenvalue weighted by Gasteiger charge is 2.23. The topological polar surface area (TPSA) is 76.5 Å². The Bertz CT molecular complexity index is 1080. The van der Waals surface area contributed by atoms with Gasteiger partial charge in [0.25, 0.3) is 5.91 Å². The van der Waals surface area contributed by atoms with Crippen LogP contribution in [0, 0.1) is 6.92 Å². The minimum atomic E-state index is -0.351. The Morgan fingerprint density at radius 1 is 1.06 bits per heavy atom. The minimum absolute atomic E-state index is 0.0941. The third-order valence-corrected chi connectivity index (χ3v) is 6.05. The molecule has 7 heteroatoms. The summed E-state index contributed by atoms with van der Waals surface area (Å²) in [5, 5.41) is 7.58. The van der Waals surface area contributed by atoms with Crippen LogP contribution in [-0.4, -0.2) is 52.3 Å². The monoisotopic (exact) mass is 446 g/mol. The normalized spacial score (nSPS) is 14.7. The van der Waals surface area contributed by atoms with Crippen molar-refractivity contribution < 1.29 is 14.3 Å². The van der Waals surface area contributed by atoms with E-state index in [1.165, 1.54) is 5.56 Å². The molecule has 0 spiro atoms. The van der Waals surface area contributed by atoms with Gasteiger partial charge in [-0.05, 0) is 56.5 Å². The smallest absolute Gasteiger partial charge is 0.338 e. The summed E-state index contributed by atoms with van der Waals surface area (Å²) in [6, 6.07) is 17.7. The van der Waals surface area contributed by atoms with Crippen molar-refractivity contribution in [2.75, 3.05) is 19.7 Å². The predicted molar refractivity (Wildman–Crippen MR) is 126 cm³/mol. The maximum Gasteiger partial charge on any atom is 0.338 e. The van der Waals surface area contributed by atoms with Crippen molar-refractivity contribution >= 4 is 11.9 Å². The van der Waals surface area contributed by atoms with Gasteiger partial charge < -0.3 is 10.1 Å². The summed E-state index contributed by atoms with van der Waals surface area (Å²) in [6.07, 6.45) is 3.47. The van der Waals surface area contributed by atoms with Crippen LogP contribution in [0.15, 0.2) is 60.8 Å². The third-order valence-electron chi connectivity index (χ3n) is 6.05. The second-order valence-corrected chi connectivity index (χ2v) is 8.33. The van der Waals surface area contributed by atoms with Crippen molar-refractivity contribution in [3.63, 3.8) is 0 Å². The summed E-state index contributed by atoms with van der Waals surface area (Å²) >= 11 is 0. The van der Waals surface area contributed by atoms with E-state index in [0.717, 1.165) is 43.9 Å². The van der Waals surface area contributed by atoms with Crippen molar-refractivity contribution in [2.24, 2.45) is 0 Å². The van der Waals surface area contributed by atoms with Gasteiger partial charge in [0.1, 0.15) is 0 Å². The van der Waals surface area contributed by atoms with Crippen molar-refractivity contribution in [3.05, 3.63) is 83.2 Å². The highest BCUT2D eigenvalue weighted by atomic mass is 16.5. The zero-order chi connectivity index (χ0) is 23.2. The van der Waals surface area contributed by atoms with Gasteiger partial charge in [0, 0.05) is 25.7 Å². The number of amides is 1. The van der Waals surface area contributed by atoms with Gasteiger partial charge in [-0.2, -0.15) is 5.10 Å². The van der Waals surface area contributed by atoms with E-state index in [4.69, 9.17) is 4.74 Å². The Kier molecular flexibility index (Phi) is 7.19. The van der Waals surface area contributed by atoms with Crippen molar-refractivity contribution in [3.8, 4) is 5.69 Å². The number of ether oxygens (including phenoxy) is 1. The number of hydrogen-bond donors (Lipinski definition) is 1. The average Bonchev–Trinajstić information content (AvgIpc) is 3.22. The zero-order valence-corrected chi connectivity index (χ0v) is 19.2. The van der Waals surface area contributed by atoms with E-state index >= 15 is 0 Å². The van der Waals surface area contributed by atoms with Crippen LogP contribution in [0.1, 0.15) is 51.7 Å². The molecule has 1 saturated heterocycles. The van der Waals surface area contributed by atoms with Crippen LogP contribution in [0.3, 0.4) is 0 Å². The zero-order valence-electron chi connectivity index (χ0n) is 19.2. The molecule has 0 unspecified atom stereocenters. The maximum atomic E-state index is 12.9. The first-order valence-corrected chi connectivity index (χ1v) is 11.4. The number of carbonyl (C=O) groups is 2. The first kappa shape index (κ1) is 22.7. The molecular formula is C26H30N4O3. The summed E-state index contributed by atoms with van der Waals surface area (Å²) in [7, 11) is 0. The van der Waals surface area contributed by atoms with Gasteiger partial charge in [-0.1, -0.05) is 30.3 Å². The van der Waals surface area contributed by atoms with Gasteiger partial charge in [0.05, 0.1) is 35.3 Å². The minimum Gasteiger partial charge on any atom is -0.462 e. The van der Waals surface area contributed by atoms with E-state index in [0.29, 0.717) is 17.7 Å². The molecule has 1 fully saturated rings. The molecule has 4 rings (SSSR count). The van der Waals surface area contributed by atoms with Crippen molar-refractivity contribution in [2.45, 2.75) is 39.3 Å². The number of benzene rings is 2. The van der Waals surface area contributed by atoms with E-state index in [1.807, 2.05) is 13.0 Å². The fourth-order valence-electron chi connectivity index (χ4n) is 4.19. The first-order valence-electron chi connectivity index (χ1n) is 11.4. The van der Waals surface area contributed by atoms with E-state index in [1.54, 1.807) is 42.1 Å². The van der Waals surface area contributed by atoms with Crippen LogP contribution in [0.4, 0.5) is 0 Å². The van der Waals surface area contributed by atoms with Gasteiger partial charge in [-0.3, -0.25) is 9.69 Å². The fraction of sp³-hybridized carbons (Fsp3) is 0.346. The molecule has 1 aliphatic heterocycles. The third kappa shape index (κ3) is 5.49. The molecule has 1 aliphatic rings. The summed E-state index contributed by atoms with van der Waals surface area (Å²) in [5.41, 5.74) is 3.92. The molecule has 33 heavy (non-hydrogen) atoms. The Morgan fingerprint density at radius 2 is 1.76 bits per heavy atom. The highest BCUT2D eigenvalue weighted by molar-refractivity contribution is 5.95. The Labute approximate surface area is 194 Å². The predicted octanol–water partition coefficient (Wildman–Crippen LogP) is 3.75. The van der Waals surface area contributed by atoms with Gasteiger partial charge in [-0.25, -0.2) is 9.48 Å². The SMILES string of the molecule is CCOC(=O)c1ccc(-n2ncc(C(=O)NC3CCN(Cc4ccccc4)CC3)c2C)cc1. The number of rotatable bonds is 7. The second-order valence-electron chi connectivity index (χ2n) is 8.33. The number of aromatic nitrogens is 2. The number of carbonyl (C=O) groups excluding carboxylic acids is 2. The Morgan fingerprint density at radius 3 is 2.42 bits per heavy atom. The molecule has 1 N–H and O–H groups in total. The molecular weight excluding hydrogens is 416 g/mol. The van der Waals surface area contributed by atoms with E-state index in [-0.39, 0.29) is 17.9 Å². The molecule has 172 valence electrons. The molecule has 2 aromatic carbocycles. The van der Waals surface area contributed by atoms with Crippen LogP contribution in [-0.2, 0) is 11.3 Å². The van der Waals surface area contributed by atoms with Crippen LogP contribution >= 0.6 is 0 Å². The molecule has 1 amide bonds. The number of nitrogens with zero attached hydrogens (tertiary/aromatic N) is 3. The fourth-order valence-corrected chi connectivity index (χ4v) is 4.19. The largest absolute Gasteiger partial charge is 0.462 e. The van der Waals surface area contributed by atoms with Crippen molar-refractivity contribution in [1.82, 2.24) is 20.0 Å². The first-order chi connectivity index (χ1) is 16.0. The van der Waals surface area contributed by atoms with Crippen LogP contribution in [0.5, 0.6) is 0 Å². The van der Waals surface area contributed by atoms with E-state index in [2.05, 4.69) is 39.6 Å². The highest BCUT2D eigenvalue weighted by Crippen LogP contribution is 2.18. The lowest BCUT2D eigenvalue weighted by Gasteiger charge is -2.32. The maximum absolute atomic E-state index is 12.9. The van der Waals surface area contributed by atoms with Gasteiger partial charge in [0.15, 0.2) is 0 Å². The van der Waals surface area contributed by atoms with Gasteiger partial charge in [-0.15, -0.1) is 0 Å². The molecule has 0 bridgehead atoms. The van der Waals surface area contributed by atoms with Crippen LogP contribution < -0.4 is 5.32 Å². The standard InChI is InChI=1S/C26H30N4O3/c1-3-33-26(32)21-9-11-23(12-10-21)30-19(2)24(17-27-30)25(31)28-22-13-15-29(16-14-22)18-20-7-5-4-6-8-20/h4-12,17,22H,3,13-16,18H2,1-2H3,(H,28,31). The quantitative estimate of drug-likeness (QED) is 0.560. The lowest BCUT2D eigenvalue weighted by atomic mass is 10.0. The molecule has 1 aromatic heterocycles. The Hall–Kier alpha value is -3.45. The molecule has 0 atom stereocenters. The summed E-state index contributed by atoms with van der Waals surface area (Å²) in [5.74, 6) is -0.445. The molecule has 3 aromatic rings. The number of esters is 1. The number of hydrogen-bond acceptors (Lipinski definition) is 5. The molecule has 0 aliphatic carbocycles. The van der Waals surface area contributed by atoms with Crippen molar-refractivity contribution in [1.29, 1.82) is 0 Å². The lowest BCUT2D eigenvalue weighted by molar-refractivity contribution is 0.0526. The molecule has 0 saturated carbocycles. The molecule has 7 nitrogen and oxygen atoms in total. The number of nitrogens with one attached hydrogen (secondary N) is 1. The summed E-state index contributed by atoms with van der Waals surface area (Å²) in [4.78, 5) is 27.2. The number of likely N-dealkylation sites (tertiary alicyclic amines) is 1. The van der Waals surface area contributed by atoms with Gasteiger partial charge >= 0.3 is 5.97 Å². The average molecular weight is 447 g/mol.